The topological polar surface area (TPSA) is 27.7 Å². The molecule has 3 nitrogen and oxygen atoms in total. The predicted octanol–water partition coefficient (Wildman–Crippen LogP) is 9.05. The first-order valence-corrected chi connectivity index (χ1v) is 14.0. The number of hydrogen-bond donors (Lipinski definition) is 0. The normalized spacial score (nSPS) is 21.3. The molecule has 2 aliphatic carbocycles. The lowest BCUT2D eigenvalue weighted by molar-refractivity contribution is -0.0790. The molecule has 1 aromatic rings. The van der Waals surface area contributed by atoms with Crippen LogP contribution in [0.25, 0.3) is 0 Å². The summed E-state index contributed by atoms with van der Waals surface area (Å²) in [7, 11) is 0. The Hall–Kier alpha value is -1.74. The zero-order valence-corrected chi connectivity index (χ0v) is 23.4. The van der Waals surface area contributed by atoms with Crippen molar-refractivity contribution in [3.8, 4) is 5.75 Å². The van der Waals surface area contributed by atoms with Crippen molar-refractivity contribution in [2.75, 3.05) is 13.2 Å². The van der Waals surface area contributed by atoms with Crippen molar-refractivity contribution in [3.63, 3.8) is 0 Å². The number of benzene rings is 1. The highest BCUT2D eigenvalue weighted by molar-refractivity contribution is 5.30. The highest BCUT2D eigenvalue weighted by atomic mass is 16.7. The molecule has 3 rings (SSSR count). The SMILES string of the molecule is CC(OCCOC1=CC=C(C2CCCCC2)C(C)C1)Oc1ccc(C(CC(C)(C)C)C(C)C)cc1. The van der Waals surface area contributed by atoms with Gasteiger partial charge in [0, 0.05) is 6.42 Å². The molecular weight excluding hydrogens is 432 g/mol. The van der Waals surface area contributed by atoms with Gasteiger partial charge in [-0.1, -0.05) is 84.6 Å². The van der Waals surface area contributed by atoms with Gasteiger partial charge in [-0.25, -0.2) is 0 Å². The second kappa shape index (κ2) is 13.0. The zero-order valence-electron chi connectivity index (χ0n) is 23.4. The van der Waals surface area contributed by atoms with Crippen LogP contribution in [-0.4, -0.2) is 19.5 Å². The molecule has 1 saturated carbocycles. The van der Waals surface area contributed by atoms with Gasteiger partial charge in [0.25, 0.3) is 0 Å². The van der Waals surface area contributed by atoms with Gasteiger partial charge in [-0.15, -0.1) is 0 Å². The predicted molar refractivity (Wildman–Crippen MR) is 147 cm³/mol. The van der Waals surface area contributed by atoms with Crippen LogP contribution in [0.3, 0.4) is 0 Å². The minimum absolute atomic E-state index is 0.308. The van der Waals surface area contributed by atoms with Gasteiger partial charge in [0.1, 0.15) is 12.4 Å². The van der Waals surface area contributed by atoms with Crippen LogP contribution >= 0.6 is 0 Å². The van der Waals surface area contributed by atoms with Gasteiger partial charge in [0.15, 0.2) is 6.29 Å². The second-order valence-corrected chi connectivity index (χ2v) is 12.3. The van der Waals surface area contributed by atoms with Gasteiger partial charge < -0.3 is 14.2 Å². The van der Waals surface area contributed by atoms with Crippen LogP contribution in [0.2, 0.25) is 0 Å². The quantitative estimate of drug-likeness (QED) is 0.232. The number of allylic oxidation sites excluding steroid dienone is 4. The van der Waals surface area contributed by atoms with Crippen LogP contribution in [0.1, 0.15) is 105 Å². The Labute approximate surface area is 215 Å². The van der Waals surface area contributed by atoms with Crippen molar-refractivity contribution in [3.05, 3.63) is 53.3 Å². The van der Waals surface area contributed by atoms with E-state index in [0.717, 1.165) is 23.8 Å². The van der Waals surface area contributed by atoms with Crippen LogP contribution in [-0.2, 0) is 9.47 Å². The fourth-order valence-electron chi connectivity index (χ4n) is 5.73. The van der Waals surface area contributed by atoms with Crippen molar-refractivity contribution in [1.82, 2.24) is 0 Å². The summed E-state index contributed by atoms with van der Waals surface area (Å²) in [6, 6.07) is 8.59. The zero-order chi connectivity index (χ0) is 25.4. The van der Waals surface area contributed by atoms with Gasteiger partial charge in [0.2, 0.25) is 0 Å². The van der Waals surface area contributed by atoms with Crippen molar-refractivity contribution in [2.24, 2.45) is 23.2 Å². The number of ether oxygens (including phenoxy) is 3. The monoisotopic (exact) mass is 482 g/mol. The van der Waals surface area contributed by atoms with Crippen molar-refractivity contribution in [1.29, 1.82) is 0 Å². The van der Waals surface area contributed by atoms with E-state index in [1.807, 2.05) is 6.92 Å². The van der Waals surface area contributed by atoms with E-state index in [1.165, 1.54) is 44.1 Å². The first kappa shape index (κ1) is 27.8. The standard InChI is InChI=1S/C32H50O3/c1-23(2)31(22-32(5,6)7)27-13-15-28(16-14-27)35-25(4)33-19-20-34-29-17-18-30(24(3)21-29)26-11-9-8-10-12-26/h13-18,23-26,31H,8-12,19-22H2,1-7H3. The smallest absolute Gasteiger partial charge is 0.197 e. The molecule has 3 atom stereocenters. The first-order chi connectivity index (χ1) is 16.6. The molecule has 0 radical (unpaired) electrons. The molecule has 0 saturated heterocycles. The molecule has 0 amide bonds. The second-order valence-electron chi connectivity index (χ2n) is 12.3. The summed E-state index contributed by atoms with van der Waals surface area (Å²) in [5.74, 6) is 4.48. The third-order valence-corrected chi connectivity index (χ3v) is 7.59. The molecule has 2 aliphatic rings. The molecule has 35 heavy (non-hydrogen) atoms. The Morgan fingerprint density at radius 3 is 2.20 bits per heavy atom. The molecule has 0 aromatic heterocycles. The van der Waals surface area contributed by atoms with Gasteiger partial charge in [-0.2, -0.15) is 0 Å². The minimum Gasteiger partial charge on any atom is -0.496 e. The van der Waals surface area contributed by atoms with E-state index in [4.69, 9.17) is 14.2 Å². The Kier molecular flexibility index (Phi) is 10.3. The Morgan fingerprint density at radius 2 is 1.60 bits per heavy atom. The van der Waals surface area contributed by atoms with E-state index in [2.05, 4.69) is 78.0 Å². The number of rotatable bonds is 11. The fraction of sp³-hybridized carbons (Fsp3) is 0.688. The molecule has 1 fully saturated rings. The maximum atomic E-state index is 6.03. The Morgan fingerprint density at radius 1 is 0.914 bits per heavy atom. The molecule has 0 bridgehead atoms. The van der Waals surface area contributed by atoms with Crippen LogP contribution < -0.4 is 4.74 Å². The summed E-state index contributed by atoms with van der Waals surface area (Å²) in [6.45, 7) is 17.0. The van der Waals surface area contributed by atoms with Crippen LogP contribution in [0.5, 0.6) is 5.75 Å². The highest BCUT2D eigenvalue weighted by Gasteiger charge is 2.25. The summed E-state index contributed by atoms with van der Waals surface area (Å²) in [6.07, 6.45) is 13.3. The molecule has 0 aliphatic heterocycles. The van der Waals surface area contributed by atoms with Gasteiger partial charge in [-0.05, 0) is 79.0 Å². The molecule has 3 heteroatoms. The molecule has 0 N–H and O–H groups in total. The average Bonchev–Trinajstić information content (AvgIpc) is 2.81. The first-order valence-electron chi connectivity index (χ1n) is 14.0. The van der Waals surface area contributed by atoms with E-state index in [-0.39, 0.29) is 6.29 Å². The lowest BCUT2D eigenvalue weighted by Gasteiger charge is -2.31. The maximum absolute atomic E-state index is 6.03. The third kappa shape index (κ3) is 9.01. The largest absolute Gasteiger partial charge is 0.496 e. The van der Waals surface area contributed by atoms with Gasteiger partial charge in [0.05, 0.1) is 12.4 Å². The lowest BCUT2D eigenvalue weighted by Crippen LogP contribution is -2.20. The summed E-state index contributed by atoms with van der Waals surface area (Å²) < 4.78 is 17.9. The molecule has 196 valence electrons. The van der Waals surface area contributed by atoms with Gasteiger partial charge >= 0.3 is 0 Å². The average molecular weight is 483 g/mol. The summed E-state index contributed by atoms with van der Waals surface area (Å²) >= 11 is 0. The third-order valence-electron chi connectivity index (χ3n) is 7.59. The molecule has 0 heterocycles. The van der Waals surface area contributed by atoms with Crippen LogP contribution in [0, 0.1) is 23.2 Å². The Bertz CT molecular complexity index is 821. The highest BCUT2D eigenvalue weighted by Crippen LogP contribution is 2.38. The lowest BCUT2D eigenvalue weighted by atomic mass is 9.76. The molecule has 3 unspecified atom stereocenters. The van der Waals surface area contributed by atoms with Crippen molar-refractivity contribution >= 4 is 0 Å². The van der Waals surface area contributed by atoms with E-state index >= 15 is 0 Å². The molecule has 1 aromatic carbocycles. The Balaban J connectivity index is 1.41. The molecular formula is C32H50O3. The summed E-state index contributed by atoms with van der Waals surface area (Å²) in [5, 5.41) is 0. The summed E-state index contributed by atoms with van der Waals surface area (Å²) in [4.78, 5) is 0. The minimum atomic E-state index is -0.308. The van der Waals surface area contributed by atoms with Gasteiger partial charge in [-0.3, -0.25) is 0 Å². The summed E-state index contributed by atoms with van der Waals surface area (Å²) in [5.41, 5.74) is 3.34. The molecule has 0 spiro atoms. The van der Waals surface area contributed by atoms with Crippen molar-refractivity contribution < 1.29 is 14.2 Å². The maximum Gasteiger partial charge on any atom is 0.197 e. The van der Waals surface area contributed by atoms with E-state index in [9.17, 15) is 0 Å². The number of hydrogen-bond acceptors (Lipinski definition) is 3. The fourth-order valence-corrected chi connectivity index (χ4v) is 5.73. The van der Waals surface area contributed by atoms with E-state index < -0.39 is 0 Å². The van der Waals surface area contributed by atoms with Crippen LogP contribution in [0.4, 0.5) is 0 Å². The van der Waals surface area contributed by atoms with E-state index in [0.29, 0.717) is 36.4 Å². The van der Waals surface area contributed by atoms with E-state index in [1.54, 1.807) is 5.57 Å². The van der Waals surface area contributed by atoms with Crippen molar-refractivity contribution in [2.45, 2.75) is 106 Å². The van der Waals surface area contributed by atoms with Crippen LogP contribution in [0.15, 0.2) is 47.7 Å².